The van der Waals surface area contributed by atoms with E-state index in [9.17, 15) is 24.6 Å². The number of hydrogen-bond donors (Lipinski definition) is 4. The first kappa shape index (κ1) is 24.5. The van der Waals surface area contributed by atoms with Crippen LogP contribution >= 0.6 is 0 Å². The summed E-state index contributed by atoms with van der Waals surface area (Å²) in [5.41, 5.74) is 1.52. The molecule has 8 nitrogen and oxygen atoms in total. The smallest absolute Gasteiger partial charge is 0.326 e. The summed E-state index contributed by atoms with van der Waals surface area (Å²) >= 11 is 0. The molecule has 0 bridgehead atoms. The molecule has 0 aromatic heterocycles. The van der Waals surface area contributed by atoms with Crippen molar-refractivity contribution < 1.29 is 29.3 Å². The van der Waals surface area contributed by atoms with E-state index in [1.54, 1.807) is 84.9 Å². The zero-order valence-electron chi connectivity index (χ0n) is 18.5. The van der Waals surface area contributed by atoms with E-state index in [1.165, 1.54) is 7.11 Å². The second kappa shape index (κ2) is 11.6. The normalized spacial score (nSPS) is 13.2. The molecule has 0 spiro atoms. The molecule has 3 atom stereocenters. The number of aliphatic carboxylic acids is 1. The molecule has 0 saturated carbocycles. The number of carbonyl (C=O) groups is 3. The molecule has 4 N–H and O–H groups in total. The molecule has 8 heteroatoms. The summed E-state index contributed by atoms with van der Waals surface area (Å²) in [6.45, 7) is 0. The van der Waals surface area contributed by atoms with Crippen molar-refractivity contribution in [3.8, 4) is 5.75 Å². The van der Waals surface area contributed by atoms with Crippen molar-refractivity contribution in [3.63, 3.8) is 0 Å². The average Bonchev–Trinajstić information content (AvgIpc) is 2.87. The zero-order chi connectivity index (χ0) is 24.5. The van der Waals surface area contributed by atoms with E-state index in [4.69, 9.17) is 4.74 Å². The second-order valence-corrected chi connectivity index (χ2v) is 7.62. The Labute approximate surface area is 197 Å². The molecular weight excluding hydrogens is 436 g/mol. The third-order valence-corrected chi connectivity index (χ3v) is 5.28. The van der Waals surface area contributed by atoms with Crippen LogP contribution in [-0.2, 0) is 16.0 Å². The monoisotopic (exact) mass is 462 g/mol. The molecule has 0 aliphatic heterocycles. The predicted molar refractivity (Wildman–Crippen MR) is 125 cm³/mol. The Balaban J connectivity index is 1.77. The number of hydrogen-bond acceptors (Lipinski definition) is 5. The summed E-state index contributed by atoms with van der Waals surface area (Å²) in [5, 5.41) is 25.6. The lowest BCUT2D eigenvalue weighted by Gasteiger charge is -2.25. The number of nitrogens with one attached hydrogen (secondary N) is 2. The summed E-state index contributed by atoms with van der Waals surface area (Å²) in [6.07, 6.45) is -1.72. The fraction of sp³-hybridized carbons (Fsp3) is 0.192. The molecule has 0 unspecified atom stereocenters. The molecule has 3 rings (SSSR count). The molecule has 0 aliphatic rings. The SMILES string of the molecule is COc1ccc(C[C@H](NC(=O)[C@H](O)[C@@H](NC(=O)c2ccccc2)c2ccccc2)C(=O)O)cc1. The van der Waals surface area contributed by atoms with E-state index < -0.39 is 36.0 Å². The van der Waals surface area contributed by atoms with Gasteiger partial charge in [0, 0.05) is 12.0 Å². The molecular formula is C26H26N2O6. The van der Waals surface area contributed by atoms with Crippen molar-refractivity contribution in [1.82, 2.24) is 10.6 Å². The van der Waals surface area contributed by atoms with Crippen LogP contribution in [0.1, 0.15) is 27.5 Å². The minimum Gasteiger partial charge on any atom is -0.497 e. The number of aliphatic hydroxyl groups is 1. The summed E-state index contributed by atoms with van der Waals surface area (Å²) in [7, 11) is 1.52. The van der Waals surface area contributed by atoms with Crippen LogP contribution < -0.4 is 15.4 Å². The van der Waals surface area contributed by atoms with Crippen LogP contribution in [0.15, 0.2) is 84.9 Å². The Morgan fingerprint density at radius 3 is 2.00 bits per heavy atom. The van der Waals surface area contributed by atoms with Crippen molar-refractivity contribution in [1.29, 1.82) is 0 Å². The summed E-state index contributed by atoms with van der Waals surface area (Å²) in [4.78, 5) is 37.4. The highest BCUT2D eigenvalue weighted by atomic mass is 16.5. The summed E-state index contributed by atoms with van der Waals surface area (Å²) < 4.78 is 5.10. The van der Waals surface area contributed by atoms with Crippen molar-refractivity contribution in [3.05, 3.63) is 102 Å². The van der Waals surface area contributed by atoms with Gasteiger partial charge >= 0.3 is 5.97 Å². The van der Waals surface area contributed by atoms with Gasteiger partial charge in [-0.05, 0) is 35.4 Å². The van der Waals surface area contributed by atoms with Gasteiger partial charge in [0.25, 0.3) is 11.8 Å². The van der Waals surface area contributed by atoms with Gasteiger partial charge in [0.2, 0.25) is 0 Å². The van der Waals surface area contributed by atoms with E-state index in [1.807, 2.05) is 0 Å². The molecule has 34 heavy (non-hydrogen) atoms. The number of carboxylic acids is 1. The van der Waals surface area contributed by atoms with Crippen molar-refractivity contribution >= 4 is 17.8 Å². The third-order valence-electron chi connectivity index (χ3n) is 5.28. The maximum absolute atomic E-state index is 12.9. The van der Waals surface area contributed by atoms with E-state index in [0.29, 0.717) is 22.4 Å². The first-order chi connectivity index (χ1) is 16.4. The van der Waals surface area contributed by atoms with Crippen LogP contribution in [0.2, 0.25) is 0 Å². The second-order valence-electron chi connectivity index (χ2n) is 7.62. The van der Waals surface area contributed by atoms with Gasteiger partial charge in [0.1, 0.15) is 11.8 Å². The maximum Gasteiger partial charge on any atom is 0.326 e. The lowest BCUT2D eigenvalue weighted by atomic mass is 9.99. The Morgan fingerprint density at radius 2 is 1.44 bits per heavy atom. The topological polar surface area (TPSA) is 125 Å². The van der Waals surface area contributed by atoms with Gasteiger partial charge in [-0.15, -0.1) is 0 Å². The summed E-state index contributed by atoms with van der Waals surface area (Å²) in [6, 6.07) is 21.3. The quantitative estimate of drug-likeness (QED) is 0.367. The molecule has 0 aliphatic carbocycles. The maximum atomic E-state index is 12.9. The molecule has 0 heterocycles. The van der Waals surface area contributed by atoms with Gasteiger partial charge in [0.15, 0.2) is 6.10 Å². The first-order valence-corrected chi connectivity index (χ1v) is 10.6. The van der Waals surface area contributed by atoms with E-state index in [0.717, 1.165) is 0 Å². The highest BCUT2D eigenvalue weighted by Crippen LogP contribution is 2.19. The predicted octanol–water partition coefficient (Wildman–Crippen LogP) is 2.34. The Morgan fingerprint density at radius 1 is 0.853 bits per heavy atom. The van der Waals surface area contributed by atoms with Crippen LogP contribution in [0.4, 0.5) is 0 Å². The lowest BCUT2D eigenvalue weighted by Crippen LogP contribution is -2.50. The van der Waals surface area contributed by atoms with Crippen LogP contribution in [0.3, 0.4) is 0 Å². The van der Waals surface area contributed by atoms with E-state index in [-0.39, 0.29) is 6.42 Å². The van der Waals surface area contributed by atoms with Gasteiger partial charge in [0.05, 0.1) is 13.2 Å². The number of amides is 2. The van der Waals surface area contributed by atoms with Gasteiger partial charge in [-0.1, -0.05) is 60.7 Å². The molecule has 0 radical (unpaired) electrons. The number of carboxylic acid groups (broad SMARTS) is 1. The third kappa shape index (κ3) is 6.43. The van der Waals surface area contributed by atoms with Gasteiger partial charge < -0.3 is 25.6 Å². The number of benzene rings is 3. The minimum absolute atomic E-state index is 0.00413. The fourth-order valence-electron chi connectivity index (χ4n) is 3.42. The lowest BCUT2D eigenvalue weighted by molar-refractivity contribution is -0.143. The molecule has 0 fully saturated rings. The average molecular weight is 463 g/mol. The van der Waals surface area contributed by atoms with Crippen LogP contribution in [-0.4, -0.2) is 47.3 Å². The van der Waals surface area contributed by atoms with Gasteiger partial charge in [-0.3, -0.25) is 9.59 Å². The van der Waals surface area contributed by atoms with Crippen LogP contribution in [0, 0.1) is 0 Å². The largest absolute Gasteiger partial charge is 0.497 e. The molecule has 0 saturated heterocycles. The first-order valence-electron chi connectivity index (χ1n) is 10.6. The fourth-order valence-corrected chi connectivity index (χ4v) is 3.42. The standard InChI is InChI=1S/C26H26N2O6/c1-34-20-14-12-17(13-15-20)16-21(26(32)33)27-25(31)23(29)22(18-8-4-2-5-9-18)28-24(30)19-10-6-3-7-11-19/h2-15,21-23,29H,16H2,1H3,(H,27,31)(H,28,30)(H,32,33)/t21-,22-,23+/m0/s1. The number of aliphatic hydroxyl groups excluding tert-OH is 1. The number of methoxy groups -OCH3 is 1. The highest BCUT2D eigenvalue weighted by Gasteiger charge is 2.32. The summed E-state index contributed by atoms with van der Waals surface area (Å²) in [5.74, 6) is -2.02. The Hall–Kier alpha value is -4.17. The van der Waals surface area contributed by atoms with Crippen molar-refractivity contribution in [2.24, 2.45) is 0 Å². The van der Waals surface area contributed by atoms with E-state index in [2.05, 4.69) is 10.6 Å². The number of carbonyl (C=O) groups excluding carboxylic acids is 2. The highest BCUT2D eigenvalue weighted by molar-refractivity contribution is 5.95. The molecule has 3 aromatic rings. The zero-order valence-corrected chi connectivity index (χ0v) is 18.5. The number of rotatable bonds is 10. The van der Waals surface area contributed by atoms with Gasteiger partial charge in [-0.2, -0.15) is 0 Å². The van der Waals surface area contributed by atoms with Crippen LogP contribution in [0.25, 0.3) is 0 Å². The van der Waals surface area contributed by atoms with Gasteiger partial charge in [-0.25, -0.2) is 4.79 Å². The Bertz CT molecular complexity index is 1100. The Kier molecular flexibility index (Phi) is 8.37. The van der Waals surface area contributed by atoms with E-state index >= 15 is 0 Å². The van der Waals surface area contributed by atoms with Crippen LogP contribution in [0.5, 0.6) is 5.75 Å². The molecule has 3 aromatic carbocycles. The molecule has 2 amide bonds. The van der Waals surface area contributed by atoms with Crippen molar-refractivity contribution in [2.45, 2.75) is 24.6 Å². The minimum atomic E-state index is -1.73. The molecule has 176 valence electrons. The number of ether oxygens (including phenoxy) is 1. The van der Waals surface area contributed by atoms with Crippen molar-refractivity contribution in [2.75, 3.05) is 7.11 Å².